The van der Waals surface area contributed by atoms with Gasteiger partial charge in [-0.3, -0.25) is 0 Å². The van der Waals surface area contributed by atoms with E-state index in [0.29, 0.717) is 13.3 Å². The van der Waals surface area contributed by atoms with Crippen LogP contribution in [0.2, 0.25) is 0 Å². The number of aryl methyl sites for hydroxylation is 1. The zero-order valence-electron chi connectivity index (χ0n) is 6.96. The third kappa shape index (κ3) is 0.940. The molecule has 1 aliphatic rings. The van der Waals surface area contributed by atoms with E-state index in [1.807, 2.05) is 19.1 Å². The van der Waals surface area contributed by atoms with Crippen LogP contribution in [0.1, 0.15) is 11.1 Å². The van der Waals surface area contributed by atoms with Crippen LogP contribution in [0, 0.1) is 6.92 Å². The Labute approximate surface area is 71.1 Å². The molecule has 2 rings (SSSR count). The molecule has 0 spiro atoms. The molecule has 12 heavy (non-hydrogen) atoms. The third-order valence-electron chi connectivity index (χ3n) is 2.08. The van der Waals surface area contributed by atoms with Gasteiger partial charge < -0.3 is 15.2 Å². The first-order chi connectivity index (χ1) is 5.83. The van der Waals surface area contributed by atoms with Gasteiger partial charge >= 0.3 is 0 Å². The average molecular weight is 165 g/mol. The monoisotopic (exact) mass is 165 g/mol. The summed E-state index contributed by atoms with van der Waals surface area (Å²) in [5.41, 5.74) is 7.79. The first kappa shape index (κ1) is 7.43. The molecule has 1 aliphatic heterocycles. The quantitative estimate of drug-likeness (QED) is 0.679. The van der Waals surface area contributed by atoms with Gasteiger partial charge in [0.1, 0.15) is 0 Å². The number of ether oxygens (including phenoxy) is 2. The summed E-state index contributed by atoms with van der Waals surface area (Å²) in [6.07, 6.45) is 0. The molecule has 0 saturated heterocycles. The topological polar surface area (TPSA) is 44.5 Å². The number of hydrogen-bond donors (Lipinski definition) is 1. The van der Waals surface area contributed by atoms with Crippen molar-refractivity contribution >= 4 is 0 Å². The summed E-state index contributed by atoms with van der Waals surface area (Å²) < 4.78 is 10.5. The molecule has 0 aliphatic carbocycles. The Balaban J connectivity index is 2.57. The van der Waals surface area contributed by atoms with Crippen LogP contribution >= 0.6 is 0 Å². The molecule has 2 N–H and O–H groups in total. The molecule has 0 saturated carbocycles. The van der Waals surface area contributed by atoms with E-state index in [0.717, 1.165) is 22.6 Å². The predicted molar refractivity (Wildman–Crippen MR) is 45.2 cm³/mol. The normalized spacial score (nSPS) is 13.5. The molecule has 0 radical (unpaired) electrons. The van der Waals surface area contributed by atoms with E-state index in [-0.39, 0.29) is 0 Å². The van der Waals surface area contributed by atoms with Crippen molar-refractivity contribution in [3.8, 4) is 11.5 Å². The highest BCUT2D eigenvalue weighted by molar-refractivity contribution is 5.51. The van der Waals surface area contributed by atoms with Crippen LogP contribution < -0.4 is 15.2 Å². The van der Waals surface area contributed by atoms with Gasteiger partial charge in [-0.2, -0.15) is 0 Å². The second-order valence-corrected chi connectivity index (χ2v) is 2.80. The molecular formula is C9H11NO2. The standard InChI is InChI=1S/C9H11NO2/c1-6-2-3-8-9(7(6)4-10)12-5-11-8/h2-3H,4-5,10H2,1H3. The lowest BCUT2D eigenvalue weighted by Crippen LogP contribution is -2.01. The Morgan fingerprint density at radius 2 is 2.25 bits per heavy atom. The lowest BCUT2D eigenvalue weighted by molar-refractivity contribution is 0.173. The van der Waals surface area contributed by atoms with Crippen LogP contribution in [0.15, 0.2) is 12.1 Å². The lowest BCUT2D eigenvalue weighted by atomic mass is 10.1. The van der Waals surface area contributed by atoms with Gasteiger partial charge in [-0.1, -0.05) is 6.07 Å². The summed E-state index contributed by atoms with van der Waals surface area (Å²) in [5, 5.41) is 0. The molecular weight excluding hydrogens is 154 g/mol. The van der Waals surface area contributed by atoms with Gasteiger partial charge in [-0.25, -0.2) is 0 Å². The fourth-order valence-electron chi connectivity index (χ4n) is 1.38. The van der Waals surface area contributed by atoms with E-state index < -0.39 is 0 Å². The molecule has 1 aromatic rings. The average Bonchev–Trinajstić information content (AvgIpc) is 2.52. The predicted octanol–water partition coefficient (Wildman–Crippen LogP) is 1.18. The van der Waals surface area contributed by atoms with E-state index >= 15 is 0 Å². The largest absolute Gasteiger partial charge is 0.454 e. The molecule has 0 atom stereocenters. The molecule has 64 valence electrons. The molecule has 0 fully saturated rings. The van der Waals surface area contributed by atoms with Crippen LogP contribution in [0.25, 0.3) is 0 Å². The van der Waals surface area contributed by atoms with Crippen LogP contribution in [0.5, 0.6) is 11.5 Å². The van der Waals surface area contributed by atoms with Crippen molar-refractivity contribution in [2.24, 2.45) is 5.73 Å². The van der Waals surface area contributed by atoms with Crippen molar-refractivity contribution in [2.75, 3.05) is 6.79 Å². The highest BCUT2D eigenvalue weighted by atomic mass is 16.7. The van der Waals surface area contributed by atoms with Crippen molar-refractivity contribution in [2.45, 2.75) is 13.5 Å². The summed E-state index contributed by atoms with van der Waals surface area (Å²) in [5.74, 6) is 1.62. The molecule has 1 aromatic carbocycles. The SMILES string of the molecule is Cc1ccc2c(c1CN)OCO2. The van der Waals surface area contributed by atoms with Crippen molar-refractivity contribution in [3.05, 3.63) is 23.3 Å². The van der Waals surface area contributed by atoms with E-state index in [1.54, 1.807) is 0 Å². The minimum atomic E-state index is 0.311. The van der Waals surface area contributed by atoms with Crippen molar-refractivity contribution in [3.63, 3.8) is 0 Å². The van der Waals surface area contributed by atoms with Crippen LogP contribution in [0.4, 0.5) is 0 Å². The second kappa shape index (κ2) is 2.68. The van der Waals surface area contributed by atoms with Crippen molar-refractivity contribution < 1.29 is 9.47 Å². The van der Waals surface area contributed by atoms with E-state index in [9.17, 15) is 0 Å². The summed E-state index contributed by atoms with van der Waals surface area (Å²) in [6.45, 7) is 2.83. The molecule has 0 aromatic heterocycles. The van der Waals surface area contributed by atoms with Gasteiger partial charge in [-0.05, 0) is 18.6 Å². The summed E-state index contributed by atoms with van der Waals surface area (Å²) >= 11 is 0. The summed E-state index contributed by atoms with van der Waals surface area (Å²) in [6, 6.07) is 3.91. The summed E-state index contributed by atoms with van der Waals surface area (Å²) in [4.78, 5) is 0. The minimum Gasteiger partial charge on any atom is -0.454 e. The number of hydrogen-bond acceptors (Lipinski definition) is 3. The van der Waals surface area contributed by atoms with E-state index in [4.69, 9.17) is 15.2 Å². The molecule has 0 bridgehead atoms. The van der Waals surface area contributed by atoms with Gasteiger partial charge in [0.15, 0.2) is 11.5 Å². The maximum atomic E-state index is 5.59. The molecule has 0 amide bonds. The zero-order valence-corrected chi connectivity index (χ0v) is 6.96. The molecule has 3 heteroatoms. The number of nitrogens with two attached hydrogens (primary N) is 1. The van der Waals surface area contributed by atoms with Gasteiger partial charge in [0.05, 0.1) is 0 Å². The Kier molecular flexibility index (Phi) is 1.66. The van der Waals surface area contributed by atoms with Crippen LogP contribution in [-0.2, 0) is 6.54 Å². The maximum absolute atomic E-state index is 5.59. The second-order valence-electron chi connectivity index (χ2n) is 2.80. The maximum Gasteiger partial charge on any atom is 0.231 e. The minimum absolute atomic E-state index is 0.311. The lowest BCUT2D eigenvalue weighted by Gasteiger charge is -2.05. The van der Waals surface area contributed by atoms with Crippen LogP contribution in [-0.4, -0.2) is 6.79 Å². The Bertz CT molecular complexity index is 310. The molecule has 0 unspecified atom stereocenters. The number of rotatable bonds is 1. The highest BCUT2D eigenvalue weighted by Crippen LogP contribution is 2.36. The van der Waals surface area contributed by atoms with Crippen molar-refractivity contribution in [1.29, 1.82) is 0 Å². The van der Waals surface area contributed by atoms with E-state index in [2.05, 4.69) is 0 Å². The van der Waals surface area contributed by atoms with E-state index in [1.165, 1.54) is 0 Å². The van der Waals surface area contributed by atoms with Gasteiger partial charge in [0.2, 0.25) is 6.79 Å². The molecule has 3 nitrogen and oxygen atoms in total. The fraction of sp³-hybridized carbons (Fsp3) is 0.333. The highest BCUT2D eigenvalue weighted by Gasteiger charge is 2.17. The van der Waals surface area contributed by atoms with Gasteiger partial charge in [0.25, 0.3) is 0 Å². The third-order valence-corrected chi connectivity index (χ3v) is 2.08. The summed E-state index contributed by atoms with van der Waals surface area (Å²) in [7, 11) is 0. The van der Waals surface area contributed by atoms with Crippen LogP contribution in [0.3, 0.4) is 0 Å². The Morgan fingerprint density at radius 3 is 3.00 bits per heavy atom. The Hall–Kier alpha value is -1.22. The number of fused-ring (bicyclic) bond motifs is 1. The molecule has 1 heterocycles. The smallest absolute Gasteiger partial charge is 0.231 e. The van der Waals surface area contributed by atoms with Crippen molar-refractivity contribution in [1.82, 2.24) is 0 Å². The fourth-order valence-corrected chi connectivity index (χ4v) is 1.38. The number of benzene rings is 1. The Morgan fingerprint density at radius 1 is 1.42 bits per heavy atom. The van der Waals surface area contributed by atoms with Gasteiger partial charge in [-0.15, -0.1) is 0 Å². The first-order valence-corrected chi connectivity index (χ1v) is 3.91. The van der Waals surface area contributed by atoms with Gasteiger partial charge in [0, 0.05) is 12.1 Å². The zero-order chi connectivity index (χ0) is 8.55. The first-order valence-electron chi connectivity index (χ1n) is 3.91.